The Hall–Kier alpha value is -2.03. The van der Waals surface area contributed by atoms with E-state index in [1.54, 1.807) is 6.07 Å². The number of primary amides is 1. The highest BCUT2D eigenvalue weighted by Gasteiger charge is 2.30. The lowest BCUT2D eigenvalue weighted by Crippen LogP contribution is -2.23. The summed E-state index contributed by atoms with van der Waals surface area (Å²) >= 11 is 0. The molecule has 0 bridgehead atoms. The molecule has 1 unspecified atom stereocenters. The first-order valence-corrected chi connectivity index (χ1v) is 4.69. The molecule has 3 nitrogen and oxygen atoms in total. The van der Waals surface area contributed by atoms with Gasteiger partial charge in [0.15, 0.2) is 0 Å². The minimum absolute atomic E-state index is 0.115. The van der Waals surface area contributed by atoms with Crippen molar-refractivity contribution in [1.82, 2.24) is 0 Å². The molecule has 0 aromatic heterocycles. The first-order valence-electron chi connectivity index (χ1n) is 4.69. The normalized spacial score (nSPS) is 12.8. The lowest BCUT2D eigenvalue weighted by molar-refractivity contribution is -0.137. The lowest BCUT2D eigenvalue weighted by Gasteiger charge is -2.09. The third-order valence-electron chi connectivity index (χ3n) is 2.19. The van der Waals surface area contributed by atoms with Gasteiger partial charge in [0, 0.05) is 0 Å². The van der Waals surface area contributed by atoms with Crippen molar-refractivity contribution in [3.8, 4) is 6.07 Å². The van der Waals surface area contributed by atoms with E-state index in [1.165, 1.54) is 12.1 Å². The van der Waals surface area contributed by atoms with Crippen LogP contribution in [0.3, 0.4) is 0 Å². The Morgan fingerprint density at radius 1 is 1.47 bits per heavy atom. The first-order chi connectivity index (χ1) is 7.84. The SMILES string of the molecule is N#CC(Cc1cccc(C(F)(F)F)c1)C(N)=O. The number of carbonyl (C=O) groups excluding carboxylic acids is 1. The van der Waals surface area contributed by atoms with Crippen LogP contribution in [0.25, 0.3) is 0 Å². The average molecular weight is 242 g/mol. The standard InChI is InChI=1S/C11H9F3N2O/c12-11(13,14)9-3-1-2-7(5-9)4-8(6-15)10(16)17/h1-3,5,8H,4H2,(H2,16,17). The smallest absolute Gasteiger partial charge is 0.369 e. The summed E-state index contributed by atoms with van der Waals surface area (Å²) in [5.74, 6) is -1.96. The van der Waals surface area contributed by atoms with Crippen molar-refractivity contribution in [3.63, 3.8) is 0 Å². The van der Waals surface area contributed by atoms with Gasteiger partial charge in [-0.1, -0.05) is 18.2 Å². The maximum atomic E-state index is 12.4. The number of carbonyl (C=O) groups is 1. The zero-order valence-electron chi connectivity index (χ0n) is 8.66. The maximum absolute atomic E-state index is 12.4. The summed E-state index contributed by atoms with van der Waals surface area (Å²) in [6.07, 6.45) is -4.55. The molecule has 1 atom stereocenters. The molecule has 1 aromatic rings. The minimum atomic E-state index is -4.44. The van der Waals surface area contributed by atoms with Crippen LogP contribution in [0, 0.1) is 17.2 Å². The Kier molecular flexibility index (Phi) is 3.73. The highest BCUT2D eigenvalue weighted by atomic mass is 19.4. The van der Waals surface area contributed by atoms with Gasteiger partial charge < -0.3 is 5.73 Å². The first kappa shape index (κ1) is 13.0. The fourth-order valence-corrected chi connectivity index (χ4v) is 1.32. The van der Waals surface area contributed by atoms with E-state index in [4.69, 9.17) is 11.0 Å². The molecule has 1 rings (SSSR count). The van der Waals surface area contributed by atoms with Crippen LogP contribution in [0.5, 0.6) is 0 Å². The number of hydrogen-bond acceptors (Lipinski definition) is 2. The van der Waals surface area contributed by atoms with Crippen LogP contribution in [-0.4, -0.2) is 5.91 Å². The van der Waals surface area contributed by atoms with Gasteiger partial charge in [-0.3, -0.25) is 4.79 Å². The van der Waals surface area contributed by atoms with Crippen LogP contribution >= 0.6 is 0 Å². The van der Waals surface area contributed by atoms with E-state index in [1.807, 2.05) is 0 Å². The number of nitriles is 1. The lowest BCUT2D eigenvalue weighted by atomic mass is 9.98. The summed E-state index contributed by atoms with van der Waals surface area (Å²) in [4.78, 5) is 10.8. The van der Waals surface area contributed by atoms with Crippen LogP contribution in [0.4, 0.5) is 13.2 Å². The predicted molar refractivity (Wildman–Crippen MR) is 53.4 cm³/mol. The van der Waals surface area contributed by atoms with E-state index >= 15 is 0 Å². The molecule has 0 fully saturated rings. The van der Waals surface area contributed by atoms with Crippen LogP contribution in [0.2, 0.25) is 0 Å². The fraction of sp³-hybridized carbons (Fsp3) is 0.273. The van der Waals surface area contributed by atoms with Crippen molar-refractivity contribution in [2.75, 3.05) is 0 Å². The Morgan fingerprint density at radius 2 is 2.12 bits per heavy atom. The maximum Gasteiger partial charge on any atom is 0.416 e. The molecule has 1 aromatic carbocycles. The second-order valence-electron chi connectivity index (χ2n) is 3.49. The van der Waals surface area contributed by atoms with Crippen LogP contribution < -0.4 is 5.73 Å². The number of halogens is 3. The van der Waals surface area contributed by atoms with E-state index < -0.39 is 23.6 Å². The van der Waals surface area contributed by atoms with Gasteiger partial charge in [0.1, 0.15) is 5.92 Å². The van der Waals surface area contributed by atoms with Crippen molar-refractivity contribution in [2.24, 2.45) is 11.7 Å². The molecule has 0 saturated heterocycles. The Morgan fingerprint density at radius 3 is 2.59 bits per heavy atom. The molecular weight excluding hydrogens is 233 g/mol. The molecule has 0 spiro atoms. The molecule has 90 valence electrons. The molecule has 0 saturated carbocycles. The molecule has 0 aliphatic carbocycles. The van der Waals surface area contributed by atoms with Crippen LogP contribution in [-0.2, 0) is 17.4 Å². The van der Waals surface area contributed by atoms with Gasteiger partial charge in [-0.25, -0.2) is 0 Å². The molecule has 2 N–H and O–H groups in total. The zero-order chi connectivity index (χ0) is 13.1. The van der Waals surface area contributed by atoms with E-state index in [0.29, 0.717) is 0 Å². The van der Waals surface area contributed by atoms with Gasteiger partial charge in [0.05, 0.1) is 11.6 Å². The highest BCUT2D eigenvalue weighted by Crippen LogP contribution is 2.29. The topological polar surface area (TPSA) is 66.9 Å². The zero-order valence-corrected chi connectivity index (χ0v) is 8.66. The van der Waals surface area contributed by atoms with Gasteiger partial charge in [-0.2, -0.15) is 18.4 Å². The van der Waals surface area contributed by atoms with Crippen LogP contribution in [0.1, 0.15) is 11.1 Å². The fourth-order valence-electron chi connectivity index (χ4n) is 1.32. The molecule has 0 aliphatic heterocycles. The number of alkyl halides is 3. The molecule has 17 heavy (non-hydrogen) atoms. The summed E-state index contributed by atoms with van der Waals surface area (Å²) in [6.45, 7) is 0. The van der Waals surface area contributed by atoms with Crippen molar-refractivity contribution in [2.45, 2.75) is 12.6 Å². The van der Waals surface area contributed by atoms with Gasteiger partial charge in [-0.05, 0) is 18.1 Å². The largest absolute Gasteiger partial charge is 0.416 e. The van der Waals surface area contributed by atoms with E-state index in [0.717, 1.165) is 12.1 Å². The monoisotopic (exact) mass is 242 g/mol. The summed E-state index contributed by atoms with van der Waals surface area (Å²) < 4.78 is 37.2. The molecule has 0 heterocycles. The molecular formula is C11H9F3N2O. The van der Waals surface area contributed by atoms with Gasteiger partial charge in [0.2, 0.25) is 5.91 Å². The molecule has 6 heteroatoms. The summed E-state index contributed by atoms with van der Waals surface area (Å²) in [5, 5.41) is 8.61. The number of rotatable bonds is 3. The van der Waals surface area contributed by atoms with Crippen molar-refractivity contribution < 1.29 is 18.0 Å². The Labute approximate surface area is 95.6 Å². The van der Waals surface area contributed by atoms with Gasteiger partial charge in [0.25, 0.3) is 0 Å². The van der Waals surface area contributed by atoms with Crippen LogP contribution in [0.15, 0.2) is 24.3 Å². The van der Waals surface area contributed by atoms with E-state index in [9.17, 15) is 18.0 Å². The number of nitrogens with zero attached hydrogens (tertiary/aromatic N) is 1. The second-order valence-corrected chi connectivity index (χ2v) is 3.49. The minimum Gasteiger partial charge on any atom is -0.369 e. The number of nitrogens with two attached hydrogens (primary N) is 1. The average Bonchev–Trinajstić information content (AvgIpc) is 2.24. The predicted octanol–water partition coefficient (Wildman–Crippen LogP) is 1.87. The highest BCUT2D eigenvalue weighted by molar-refractivity contribution is 5.79. The quantitative estimate of drug-likeness (QED) is 0.879. The molecule has 1 amide bonds. The Bertz CT molecular complexity index is 463. The second kappa shape index (κ2) is 4.87. The third kappa shape index (κ3) is 3.48. The Balaban J connectivity index is 2.94. The third-order valence-corrected chi connectivity index (χ3v) is 2.19. The number of benzene rings is 1. The summed E-state index contributed by atoms with van der Waals surface area (Å²) in [7, 11) is 0. The number of amides is 1. The number of hydrogen-bond donors (Lipinski definition) is 1. The summed E-state index contributed by atoms with van der Waals surface area (Å²) in [6, 6.07) is 6.14. The van der Waals surface area contributed by atoms with E-state index in [-0.39, 0.29) is 12.0 Å². The molecule has 0 radical (unpaired) electrons. The van der Waals surface area contributed by atoms with Crippen molar-refractivity contribution in [1.29, 1.82) is 5.26 Å². The van der Waals surface area contributed by atoms with Crippen molar-refractivity contribution in [3.05, 3.63) is 35.4 Å². The molecule has 0 aliphatic rings. The summed E-state index contributed by atoms with van der Waals surface area (Å²) in [5.41, 5.74) is 4.38. The van der Waals surface area contributed by atoms with E-state index in [2.05, 4.69) is 0 Å². The van der Waals surface area contributed by atoms with Gasteiger partial charge in [-0.15, -0.1) is 0 Å². The van der Waals surface area contributed by atoms with Gasteiger partial charge >= 0.3 is 6.18 Å². The van der Waals surface area contributed by atoms with Crippen molar-refractivity contribution >= 4 is 5.91 Å².